The van der Waals surface area contributed by atoms with E-state index in [9.17, 15) is 18.0 Å². The predicted molar refractivity (Wildman–Crippen MR) is 151 cm³/mol. The Balaban J connectivity index is 1.68. The molecule has 2 aromatic rings. The third kappa shape index (κ3) is 6.73. The minimum absolute atomic E-state index is 0.0267. The topological polar surface area (TPSA) is 105 Å². The summed E-state index contributed by atoms with van der Waals surface area (Å²) in [7, 11) is -3.88. The predicted octanol–water partition coefficient (Wildman–Crippen LogP) is 4.74. The standard InChI is InChI=1S/C27H33Cl2N3O6S/c1-3-23(27(34)30-18-8-5-6-9-18)31(15-20-21(28)10-7-11-22(20)29)26(33)16-32(39(35,36)4-2)19-12-13-24-25(14-19)38-17-37-24/h7,10-14,18,23H,3-6,8-9,15-17H2,1-2H3,(H,30,34). The first kappa shape index (κ1) is 29.3. The number of amides is 2. The highest BCUT2D eigenvalue weighted by Gasteiger charge is 2.34. The van der Waals surface area contributed by atoms with Gasteiger partial charge in [0.15, 0.2) is 11.5 Å². The molecule has 212 valence electrons. The van der Waals surface area contributed by atoms with Crippen LogP contribution >= 0.6 is 23.2 Å². The number of benzene rings is 2. The molecule has 0 spiro atoms. The molecule has 1 N–H and O–H groups in total. The van der Waals surface area contributed by atoms with E-state index in [4.69, 9.17) is 32.7 Å². The first-order valence-electron chi connectivity index (χ1n) is 13.1. The summed E-state index contributed by atoms with van der Waals surface area (Å²) in [5.41, 5.74) is 0.739. The van der Waals surface area contributed by atoms with Crippen molar-refractivity contribution in [1.29, 1.82) is 0 Å². The van der Waals surface area contributed by atoms with E-state index >= 15 is 0 Å². The Morgan fingerprint density at radius 2 is 1.72 bits per heavy atom. The van der Waals surface area contributed by atoms with Gasteiger partial charge in [-0.3, -0.25) is 13.9 Å². The molecule has 1 heterocycles. The number of nitrogens with zero attached hydrogens (tertiary/aromatic N) is 2. The van der Waals surface area contributed by atoms with E-state index in [1.807, 2.05) is 6.92 Å². The first-order valence-corrected chi connectivity index (χ1v) is 15.4. The average Bonchev–Trinajstić information content (AvgIpc) is 3.60. The zero-order valence-corrected chi connectivity index (χ0v) is 24.3. The summed E-state index contributed by atoms with van der Waals surface area (Å²) in [6.07, 6.45) is 4.17. The summed E-state index contributed by atoms with van der Waals surface area (Å²) in [4.78, 5) is 28.8. The fourth-order valence-corrected chi connectivity index (χ4v) is 6.47. The second kappa shape index (κ2) is 12.7. The van der Waals surface area contributed by atoms with Crippen LogP contribution in [0.3, 0.4) is 0 Å². The van der Waals surface area contributed by atoms with E-state index in [-0.39, 0.29) is 36.7 Å². The second-order valence-electron chi connectivity index (χ2n) is 9.58. The summed E-state index contributed by atoms with van der Waals surface area (Å²) in [6.45, 7) is 2.76. The maximum atomic E-state index is 14.0. The number of hydrogen-bond acceptors (Lipinski definition) is 6. The van der Waals surface area contributed by atoms with E-state index in [1.165, 1.54) is 17.9 Å². The minimum Gasteiger partial charge on any atom is -0.454 e. The van der Waals surface area contributed by atoms with Gasteiger partial charge in [-0.2, -0.15) is 0 Å². The molecule has 0 aromatic heterocycles. The number of hydrogen-bond donors (Lipinski definition) is 1. The van der Waals surface area contributed by atoms with Gasteiger partial charge in [-0.05, 0) is 50.5 Å². The highest BCUT2D eigenvalue weighted by atomic mass is 35.5. The Hall–Kier alpha value is -2.69. The summed E-state index contributed by atoms with van der Waals surface area (Å²) >= 11 is 12.9. The van der Waals surface area contributed by atoms with Gasteiger partial charge >= 0.3 is 0 Å². The number of halogens is 2. The lowest BCUT2D eigenvalue weighted by Gasteiger charge is -2.34. The van der Waals surface area contributed by atoms with Crippen LogP contribution in [0.15, 0.2) is 36.4 Å². The van der Waals surface area contributed by atoms with Crippen LogP contribution in [-0.2, 0) is 26.2 Å². The molecular formula is C27H33Cl2N3O6S. The van der Waals surface area contributed by atoms with E-state index in [2.05, 4.69) is 5.32 Å². The van der Waals surface area contributed by atoms with Gasteiger partial charge in [-0.1, -0.05) is 49.0 Å². The number of anilines is 1. The molecule has 0 radical (unpaired) electrons. The number of rotatable bonds is 11. The van der Waals surface area contributed by atoms with Gasteiger partial charge in [0, 0.05) is 34.3 Å². The molecule has 1 unspecified atom stereocenters. The zero-order valence-electron chi connectivity index (χ0n) is 22.0. The highest BCUT2D eigenvalue weighted by Crippen LogP contribution is 2.36. The SMILES string of the molecule is CCC(C(=O)NC1CCCC1)N(Cc1c(Cl)cccc1Cl)C(=O)CN(c1ccc2c(c1)OCO2)S(=O)(=O)CC. The molecule has 1 fully saturated rings. The largest absolute Gasteiger partial charge is 0.454 e. The molecule has 1 aliphatic heterocycles. The lowest BCUT2D eigenvalue weighted by Crippen LogP contribution is -2.53. The van der Waals surface area contributed by atoms with Crippen LogP contribution in [0.1, 0.15) is 51.5 Å². The first-order chi connectivity index (χ1) is 18.6. The molecule has 1 saturated carbocycles. The number of fused-ring (bicyclic) bond motifs is 1. The molecule has 4 rings (SSSR count). The van der Waals surface area contributed by atoms with E-state index in [1.54, 1.807) is 30.3 Å². The Morgan fingerprint density at radius 1 is 1.05 bits per heavy atom. The Labute approximate surface area is 239 Å². The summed E-state index contributed by atoms with van der Waals surface area (Å²) in [5, 5.41) is 3.77. The summed E-state index contributed by atoms with van der Waals surface area (Å²) in [5.74, 6) is -0.199. The Bertz CT molecular complexity index is 1300. The molecule has 39 heavy (non-hydrogen) atoms. The van der Waals surface area contributed by atoms with Crippen molar-refractivity contribution >= 4 is 50.7 Å². The third-order valence-electron chi connectivity index (χ3n) is 7.10. The fourth-order valence-electron chi connectivity index (χ4n) is 4.90. The normalized spacial score (nSPS) is 15.7. The molecule has 0 bridgehead atoms. The van der Waals surface area contributed by atoms with Crippen LogP contribution in [0.2, 0.25) is 10.0 Å². The van der Waals surface area contributed by atoms with Crippen molar-refractivity contribution in [2.24, 2.45) is 0 Å². The Kier molecular flexibility index (Phi) is 9.51. The number of carbonyl (C=O) groups is 2. The van der Waals surface area contributed by atoms with Gasteiger partial charge < -0.3 is 19.7 Å². The smallest absolute Gasteiger partial charge is 0.244 e. The quantitative estimate of drug-likeness (QED) is 0.401. The molecule has 2 amide bonds. The van der Waals surface area contributed by atoms with Crippen molar-refractivity contribution in [3.05, 3.63) is 52.0 Å². The summed E-state index contributed by atoms with van der Waals surface area (Å²) < 4.78 is 38.2. The number of sulfonamides is 1. The lowest BCUT2D eigenvalue weighted by atomic mass is 10.1. The van der Waals surface area contributed by atoms with Crippen molar-refractivity contribution < 1.29 is 27.5 Å². The van der Waals surface area contributed by atoms with Gasteiger partial charge in [0.05, 0.1) is 11.4 Å². The van der Waals surface area contributed by atoms with Gasteiger partial charge in [0.1, 0.15) is 12.6 Å². The monoisotopic (exact) mass is 597 g/mol. The van der Waals surface area contributed by atoms with Crippen molar-refractivity contribution in [3.8, 4) is 11.5 Å². The van der Waals surface area contributed by atoms with Crippen molar-refractivity contribution in [2.75, 3.05) is 23.4 Å². The van der Waals surface area contributed by atoms with Gasteiger partial charge in [0.2, 0.25) is 28.6 Å². The van der Waals surface area contributed by atoms with Gasteiger partial charge in [0.25, 0.3) is 0 Å². The third-order valence-corrected chi connectivity index (χ3v) is 9.55. The highest BCUT2D eigenvalue weighted by molar-refractivity contribution is 7.92. The average molecular weight is 599 g/mol. The Morgan fingerprint density at radius 3 is 2.36 bits per heavy atom. The molecule has 2 aromatic carbocycles. The van der Waals surface area contributed by atoms with Crippen LogP contribution in [-0.4, -0.2) is 56.3 Å². The number of carbonyl (C=O) groups excluding carboxylic acids is 2. The second-order valence-corrected chi connectivity index (χ2v) is 12.6. The summed E-state index contributed by atoms with van der Waals surface area (Å²) in [6, 6.07) is 8.91. The number of nitrogens with one attached hydrogen (secondary N) is 1. The molecule has 2 aliphatic rings. The van der Waals surface area contributed by atoms with Crippen LogP contribution in [0.4, 0.5) is 5.69 Å². The number of ether oxygens (including phenoxy) is 2. The van der Waals surface area contributed by atoms with Gasteiger partial charge in [-0.15, -0.1) is 0 Å². The van der Waals surface area contributed by atoms with Crippen LogP contribution in [0.25, 0.3) is 0 Å². The molecule has 0 saturated heterocycles. The lowest BCUT2D eigenvalue weighted by molar-refractivity contribution is -0.140. The maximum absolute atomic E-state index is 14.0. The van der Waals surface area contributed by atoms with Crippen LogP contribution < -0.4 is 19.1 Å². The van der Waals surface area contributed by atoms with E-state index in [0.717, 1.165) is 30.0 Å². The van der Waals surface area contributed by atoms with E-state index < -0.39 is 28.5 Å². The molecule has 1 aliphatic carbocycles. The maximum Gasteiger partial charge on any atom is 0.244 e. The molecular weight excluding hydrogens is 565 g/mol. The molecule has 9 nitrogen and oxygen atoms in total. The van der Waals surface area contributed by atoms with Gasteiger partial charge in [-0.25, -0.2) is 8.42 Å². The van der Waals surface area contributed by atoms with Crippen molar-refractivity contribution in [1.82, 2.24) is 10.2 Å². The van der Waals surface area contributed by atoms with E-state index in [0.29, 0.717) is 33.5 Å². The molecule has 1 atom stereocenters. The molecule has 12 heteroatoms. The van der Waals surface area contributed by atoms with Crippen molar-refractivity contribution in [3.63, 3.8) is 0 Å². The van der Waals surface area contributed by atoms with Crippen LogP contribution in [0, 0.1) is 0 Å². The van der Waals surface area contributed by atoms with Crippen molar-refractivity contribution in [2.45, 2.75) is 64.6 Å². The zero-order chi connectivity index (χ0) is 28.2. The fraction of sp³-hybridized carbons (Fsp3) is 0.481. The van der Waals surface area contributed by atoms with Crippen LogP contribution in [0.5, 0.6) is 11.5 Å². The minimum atomic E-state index is -3.88.